The highest BCUT2D eigenvalue weighted by atomic mass is 35.5. The molecule has 0 aliphatic rings. The van der Waals surface area contributed by atoms with Crippen molar-refractivity contribution in [3.05, 3.63) is 45.4 Å². The summed E-state index contributed by atoms with van der Waals surface area (Å²) in [5, 5.41) is 13.7. The summed E-state index contributed by atoms with van der Waals surface area (Å²) < 4.78 is 45.2. The van der Waals surface area contributed by atoms with E-state index in [1.807, 2.05) is 0 Å². The number of rotatable bonds is 7. The lowest BCUT2D eigenvalue weighted by atomic mass is 9.99. The average molecular weight is 409 g/mol. The summed E-state index contributed by atoms with van der Waals surface area (Å²) in [6.45, 7) is 1.51. The van der Waals surface area contributed by atoms with E-state index in [-0.39, 0.29) is 13.2 Å². The summed E-state index contributed by atoms with van der Waals surface area (Å²) in [6, 6.07) is 6.56. The fourth-order valence-electron chi connectivity index (χ4n) is 2.05. The third-order valence-electron chi connectivity index (χ3n) is 3.35. The molecule has 0 saturated carbocycles. The maximum Gasteiger partial charge on any atom is 0.424 e. The number of aliphatic hydroxyl groups is 1. The number of aromatic nitrogens is 1. The van der Waals surface area contributed by atoms with E-state index in [1.54, 1.807) is 24.3 Å². The van der Waals surface area contributed by atoms with Crippen LogP contribution in [0.3, 0.4) is 0 Å². The summed E-state index contributed by atoms with van der Waals surface area (Å²) in [5.74, 6) is -0.496. The Kier molecular flexibility index (Phi) is 6.48. The Morgan fingerprint density at radius 1 is 1.42 bits per heavy atom. The molecule has 1 unspecified atom stereocenters. The number of amides is 1. The molecule has 0 aliphatic heterocycles. The Morgan fingerprint density at radius 2 is 2.15 bits per heavy atom. The van der Waals surface area contributed by atoms with E-state index in [0.29, 0.717) is 27.8 Å². The Bertz CT molecular complexity index is 769. The Morgan fingerprint density at radius 3 is 2.73 bits per heavy atom. The first-order chi connectivity index (χ1) is 12.1. The Balaban J connectivity index is 1.91. The minimum Gasteiger partial charge on any atom is -0.492 e. The molecule has 0 saturated heterocycles. The van der Waals surface area contributed by atoms with Crippen molar-refractivity contribution in [2.75, 3.05) is 13.2 Å². The summed E-state index contributed by atoms with van der Waals surface area (Å²) >= 11 is 6.45. The molecule has 0 fully saturated rings. The van der Waals surface area contributed by atoms with E-state index >= 15 is 0 Å². The molecule has 1 amide bonds. The number of hydrogen-bond acceptors (Lipinski definition) is 5. The van der Waals surface area contributed by atoms with Crippen molar-refractivity contribution >= 4 is 28.8 Å². The number of nitrogens with one attached hydrogen (secondary N) is 1. The third kappa shape index (κ3) is 5.09. The molecule has 2 rings (SSSR count). The van der Waals surface area contributed by atoms with E-state index < -0.39 is 29.1 Å². The first-order valence-electron chi connectivity index (χ1n) is 7.48. The van der Waals surface area contributed by atoms with Gasteiger partial charge in [-0.1, -0.05) is 17.7 Å². The molecule has 1 atom stereocenters. The van der Waals surface area contributed by atoms with Gasteiger partial charge in [-0.25, -0.2) is 4.98 Å². The van der Waals surface area contributed by atoms with Crippen LogP contribution in [0.1, 0.15) is 17.1 Å². The lowest BCUT2D eigenvalue weighted by Gasteiger charge is -2.27. The van der Waals surface area contributed by atoms with Crippen LogP contribution in [0.15, 0.2) is 29.6 Å². The third-order valence-corrected chi connectivity index (χ3v) is 4.69. The second-order valence-corrected chi connectivity index (χ2v) is 6.78. The van der Waals surface area contributed by atoms with E-state index in [1.165, 1.54) is 12.3 Å². The van der Waals surface area contributed by atoms with Crippen LogP contribution in [0.5, 0.6) is 5.75 Å². The van der Waals surface area contributed by atoms with Gasteiger partial charge < -0.3 is 15.2 Å². The molecule has 0 aliphatic carbocycles. The van der Waals surface area contributed by atoms with Gasteiger partial charge in [0.25, 0.3) is 0 Å². The Labute approximate surface area is 156 Å². The summed E-state index contributed by atoms with van der Waals surface area (Å²) in [4.78, 5) is 15.6. The van der Waals surface area contributed by atoms with Gasteiger partial charge in [-0.2, -0.15) is 13.2 Å². The largest absolute Gasteiger partial charge is 0.492 e. The molecule has 10 heteroatoms. The van der Waals surface area contributed by atoms with E-state index in [2.05, 4.69) is 10.3 Å². The van der Waals surface area contributed by atoms with Crippen molar-refractivity contribution in [1.82, 2.24) is 10.3 Å². The molecule has 5 nitrogen and oxygen atoms in total. The quantitative estimate of drug-likeness (QED) is 0.688. The standard InChI is InChI=1S/C16H16ClF3N2O3S/c1-10-9-26-14(22-10)15(24,16(18,19)20)8-13(23)21-5-6-25-12-4-2-3-11(17)7-12/h2-4,7,9,24H,5-6,8H2,1H3,(H,21,23). The number of ether oxygens (including phenoxy) is 1. The summed E-state index contributed by atoms with van der Waals surface area (Å²) in [5.41, 5.74) is -2.99. The smallest absolute Gasteiger partial charge is 0.424 e. The van der Waals surface area contributed by atoms with E-state index in [0.717, 1.165) is 0 Å². The SMILES string of the molecule is Cc1csc(C(O)(CC(=O)NCCOc2cccc(Cl)c2)C(F)(F)F)n1. The second-order valence-electron chi connectivity index (χ2n) is 5.48. The number of benzene rings is 1. The van der Waals surface area contributed by atoms with Crippen LogP contribution in [-0.2, 0) is 10.4 Å². The first-order valence-corrected chi connectivity index (χ1v) is 8.74. The van der Waals surface area contributed by atoms with Gasteiger partial charge in [-0.3, -0.25) is 4.79 Å². The molecule has 26 heavy (non-hydrogen) atoms. The van der Waals surface area contributed by atoms with Crippen LogP contribution >= 0.6 is 22.9 Å². The zero-order valence-corrected chi connectivity index (χ0v) is 15.2. The van der Waals surface area contributed by atoms with Crippen molar-refractivity contribution in [3.8, 4) is 5.75 Å². The monoisotopic (exact) mass is 408 g/mol. The molecular weight excluding hydrogens is 393 g/mol. The van der Waals surface area contributed by atoms with E-state index in [4.69, 9.17) is 16.3 Å². The molecule has 1 aromatic heterocycles. The van der Waals surface area contributed by atoms with Crippen LogP contribution in [-0.4, -0.2) is 35.3 Å². The fourth-order valence-corrected chi connectivity index (χ4v) is 3.15. The molecule has 2 aromatic rings. The summed E-state index contributed by atoms with van der Waals surface area (Å²) in [7, 11) is 0. The first kappa shape index (κ1) is 20.5. The number of halogens is 4. The van der Waals surface area contributed by atoms with Gasteiger partial charge >= 0.3 is 6.18 Å². The number of aryl methyl sites for hydroxylation is 1. The maximum atomic E-state index is 13.3. The number of alkyl halides is 3. The van der Waals surface area contributed by atoms with Gasteiger partial charge in [0.05, 0.1) is 13.0 Å². The van der Waals surface area contributed by atoms with Crippen LogP contribution in [0, 0.1) is 6.92 Å². The van der Waals surface area contributed by atoms with Crippen molar-refractivity contribution < 1.29 is 27.8 Å². The zero-order valence-electron chi connectivity index (χ0n) is 13.6. The Hall–Kier alpha value is -1.84. The van der Waals surface area contributed by atoms with Crippen molar-refractivity contribution in [2.24, 2.45) is 0 Å². The number of carbonyl (C=O) groups excluding carboxylic acids is 1. The highest BCUT2D eigenvalue weighted by Crippen LogP contribution is 2.42. The molecule has 142 valence electrons. The minimum atomic E-state index is -5.04. The molecule has 0 spiro atoms. The van der Waals surface area contributed by atoms with Crippen LogP contribution < -0.4 is 10.1 Å². The van der Waals surface area contributed by atoms with Crippen LogP contribution in [0.4, 0.5) is 13.2 Å². The van der Waals surface area contributed by atoms with Crippen molar-refractivity contribution in [1.29, 1.82) is 0 Å². The highest BCUT2D eigenvalue weighted by molar-refractivity contribution is 7.09. The molecule has 0 radical (unpaired) electrons. The molecule has 1 heterocycles. The predicted octanol–water partition coefficient (Wildman–Crippen LogP) is 3.44. The molecule has 0 bridgehead atoms. The van der Waals surface area contributed by atoms with Crippen molar-refractivity contribution in [2.45, 2.75) is 25.1 Å². The number of hydrogen-bond donors (Lipinski definition) is 2. The second kappa shape index (κ2) is 8.24. The normalized spacial score (nSPS) is 13.9. The summed E-state index contributed by atoms with van der Waals surface area (Å²) in [6.07, 6.45) is -6.22. The van der Waals surface area contributed by atoms with Gasteiger partial charge in [0.1, 0.15) is 17.4 Å². The van der Waals surface area contributed by atoms with Crippen LogP contribution in [0.25, 0.3) is 0 Å². The minimum absolute atomic E-state index is 0.0316. The lowest BCUT2D eigenvalue weighted by Crippen LogP contribution is -2.46. The number of nitrogens with zero attached hydrogens (tertiary/aromatic N) is 1. The van der Waals surface area contributed by atoms with Crippen LogP contribution in [0.2, 0.25) is 5.02 Å². The van der Waals surface area contributed by atoms with Gasteiger partial charge in [-0.05, 0) is 25.1 Å². The van der Waals surface area contributed by atoms with Gasteiger partial charge in [0.2, 0.25) is 11.5 Å². The zero-order chi connectivity index (χ0) is 19.4. The topological polar surface area (TPSA) is 71.5 Å². The maximum absolute atomic E-state index is 13.3. The molecule has 2 N–H and O–H groups in total. The lowest BCUT2D eigenvalue weighted by molar-refractivity contribution is -0.267. The average Bonchev–Trinajstić information content (AvgIpc) is 2.97. The van der Waals surface area contributed by atoms with Gasteiger partial charge in [0, 0.05) is 16.1 Å². The van der Waals surface area contributed by atoms with E-state index in [9.17, 15) is 23.1 Å². The predicted molar refractivity (Wildman–Crippen MR) is 91.4 cm³/mol. The fraction of sp³-hybridized carbons (Fsp3) is 0.375. The molecule has 1 aromatic carbocycles. The number of thiazole rings is 1. The highest BCUT2D eigenvalue weighted by Gasteiger charge is 2.58. The van der Waals surface area contributed by atoms with Crippen molar-refractivity contribution in [3.63, 3.8) is 0 Å². The number of carbonyl (C=O) groups is 1. The molecular formula is C16H16ClF3N2O3S. The van der Waals surface area contributed by atoms with Gasteiger partial charge in [0.15, 0.2) is 0 Å². The van der Waals surface area contributed by atoms with Gasteiger partial charge in [-0.15, -0.1) is 11.3 Å².